The fourth-order valence-electron chi connectivity index (χ4n) is 2.54. The second-order valence-electron chi connectivity index (χ2n) is 8.47. The van der Waals surface area contributed by atoms with Gasteiger partial charge in [-0.1, -0.05) is 57.2 Å². The van der Waals surface area contributed by atoms with Crippen molar-refractivity contribution >= 4 is 8.32 Å². The first-order valence-corrected chi connectivity index (χ1v) is 12.4. The van der Waals surface area contributed by atoms with E-state index in [2.05, 4.69) is 33.9 Å². The topological polar surface area (TPSA) is 47.9 Å². The van der Waals surface area contributed by atoms with Crippen LogP contribution in [0, 0.1) is 0 Å². The summed E-state index contributed by atoms with van der Waals surface area (Å²) >= 11 is 0. The molecule has 0 bridgehead atoms. The van der Waals surface area contributed by atoms with Crippen LogP contribution in [0.4, 0.5) is 0 Å². The van der Waals surface area contributed by atoms with Crippen LogP contribution in [-0.2, 0) is 20.5 Å². The highest BCUT2D eigenvalue weighted by atomic mass is 28.4. The van der Waals surface area contributed by atoms with E-state index in [-0.39, 0.29) is 11.1 Å². The summed E-state index contributed by atoms with van der Waals surface area (Å²) in [6.07, 6.45) is 3.95. The lowest BCUT2D eigenvalue weighted by molar-refractivity contribution is -0.177. The summed E-state index contributed by atoms with van der Waals surface area (Å²) in [5.74, 6) is 0. The lowest BCUT2D eigenvalue weighted by Gasteiger charge is -2.36. The Morgan fingerprint density at radius 1 is 1.12 bits per heavy atom. The number of hydrogen-bond donors (Lipinski definition) is 1. The molecule has 0 spiro atoms. The molecule has 1 aromatic rings. The van der Waals surface area contributed by atoms with Crippen molar-refractivity contribution in [1.82, 2.24) is 0 Å². The minimum atomic E-state index is -1.71. The van der Waals surface area contributed by atoms with E-state index < -0.39 is 20.7 Å². The maximum Gasteiger partial charge on any atom is 0.191 e. The molecule has 5 heteroatoms. The molecule has 0 fully saturated rings. The van der Waals surface area contributed by atoms with Gasteiger partial charge in [-0.3, -0.25) is 0 Å². The predicted molar refractivity (Wildman–Crippen MR) is 107 cm³/mol. The standard InChI is InChI=1S/C21H34O4Si/c1-21(2,3)26(4,5)24-15-9-12-19-18(22)13-14-20(25-19)23-16-17-10-7-6-8-11-17/h6-8,10-11,13-14,18-20,22H,9,12,15-16H2,1-5H3/t18-,19+,20-/m0/s1. The van der Waals surface area contributed by atoms with Gasteiger partial charge in [0, 0.05) is 6.61 Å². The summed E-state index contributed by atoms with van der Waals surface area (Å²) in [5, 5.41) is 10.4. The van der Waals surface area contributed by atoms with Crippen molar-refractivity contribution in [2.45, 2.75) is 76.8 Å². The molecular weight excluding hydrogens is 344 g/mol. The van der Waals surface area contributed by atoms with E-state index in [0.29, 0.717) is 13.2 Å². The fraction of sp³-hybridized carbons (Fsp3) is 0.619. The Hall–Kier alpha value is -0.983. The van der Waals surface area contributed by atoms with Gasteiger partial charge in [-0.2, -0.15) is 0 Å². The molecule has 0 amide bonds. The van der Waals surface area contributed by atoms with E-state index in [4.69, 9.17) is 13.9 Å². The molecule has 2 rings (SSSR count). The highest BCUT2D eigenvalue weighted by Gasteiger charge is 2.37. The zero-order valence-electron chi connectivity index (χ0n) is 16.8. The van der Waals surface area contributed by atoms with Gasteiger partial charge in [0.25, 0.3) is 0 Å². The molecule has 4 nitrogen and oxygen atoms in total. The monoisotopic (exact) mass is 378 g/mol. The highest BCUT2D eigenvalue weighted by molar-refractivity contribution is 6.74. The fourth-order valence-corrected chi connectivity index (χ4v) is 3.63. The minimum Gasteiger partial charge on any atom is -0.417 e. The van der Waals surface area contributed by atoms with Crippen LogP contribution in [-0.4, -0.2) is 38.5 Å². The molecule has 0 aromatic heterocycles. The zero-order valence-corrected chi connectivity index (χ0v) is 17.8. The quantitative estimate of drug-likeness (QED) is 0.406. The van der Waals surface area contributed by atoms with Crippen molar-refractivity contribution in [3.05, 3.63) is 48.0 Å². The summed E-state index contributed by atoms with van der Waals surface area (Å²) in [6.45, 7) is 12.5. The number of hydrogen-bond acceptors (Lipinski definition) is 4. The second-order valence-corrected chi connectivity index (χ2v) is 13.3. The predicted octanol–water partition coefficient (Wildman–Crippen LogP) is 4.65. The van der Waals surface area contributed by atoms with Crippen LogP contribution in [0.5, 0.6) is 0 Å². The van der Waals surface area contributed by atoms with Crippen molar-refractivity contribution < 1.29 is 19.0 Å². The second kappa shape index (κ2) is 9.29. The molecule has 0 saturated carbocycles. The van der Waals surface area contributed by atoms with Crippen molar-refractivity contribution in [2.75, 3.05) is 6.61 Å². The first kappa shape index (κ1) is 21.3. The van der Waals surface area contributed by atoms with Crippen molar-refractivity contribution in [2.24, 2.45) is 0 Å². The van der Waals surface area contributed by atoms with Gasteiger partial charge >= 0.3 is 0 Å². The Morgan fingerprint density at radius 2 is 1.81 bits per heavy atom. The maximum absolute atomic E-state index is 10.2. The number of ether oxygens (including phenoxy) is 2. The Labute approximate surface area is 159 Å². The Balaban J connectivity index is 1.74. The van der Waals surface area contributed by atoms with E-state index in [1.807, 2.05) is 30.3 Å². The third-order valence-corrected chi connectivity index (χ3v) is 9.85. The highest BCUT2D eigenvalue weighted by Crippen LogP contribution is 2.36. The molecule has 0 saturated heterocycles. The Morgan fingerprint density at radius 3 is 2.46 bits per heavy atom. The molecule has 3 atom stereocenters. The van der Waals surface area contributed by atoms with Gasteiger partial charge in [-0.25, -0.2) is 0 Å². The van der Waals surface area contributed by atoms with Gasteiger partial charge in [-0.15, -0.1) is 0 Å². The van der Waals surface area contributed by atoms with Crippen LogP contribution in [0.3, 0.4) is 0 Å². The van der Waals surface area contributed by atoms with Crippen molar-refractivity contribution in [1.29, 1.82) is 0 Å². The molecule has 146 valence electrons. The molecule has 1 N–H and O–H groups in total. The molecule has 1 heterocycles. The van der Waals surface area contributed by atoms with Crippen LogP contribution >= 0.6 is 0 Å². The van der Waals surface area contributed by atoms with E-state index in [1.165, 1.54) is 0 Å². The lowest BCUT2D eigenvalue weighted by Crippen LogP contribution is -2.41. The third kappa shape index (κ3) is 6.32. The van der Waals surface area contributed by atoms with Crippen LogP contribution < -0.4 is 0 Å². The van der Waals surface area contributed by atoms with Gasteiger partial charge in [0.1, 0.15) is 0 Å². The maximum atomic E-state index is 10.2. The van der Waals surface area contributed by atoms with E-state index >= 15 is 0 Å². The Bertz CT molecular complexity index is 565. The van der Waals surface area contributed by atoms with Gasteiger partial charge in [0.15, 0.2) is 14.6 Å². The molecule has 1 aliphatic heterocycles. The third-order valence-electron chi connectivity index (χ3n) is 5.31. The molecular formula is C21H34O4Si. The lowest BCUT2D eigenvalue weighted by atomic mass is 10.1. The number of aliphatic hydroxyl groups is 1. The van der Waals surface area contributed by atoms with E-state index in [9.17, 15) is 5.11 Å². The summed E-state index contributed by atoms with van der Waals surface area (Å²) in [7, 11) is -1.71. The molecule has 0 unspecified atom stereocenters. The van der Waals surface area contributed by atoms with Crippen molar-refractivity contribution in [3.63, 3.8) is 0 Å². The number of rotatable bonds is 8. The first-order valence-electron chi connectivity index (χ1n) is 9.50. The summed E-state index contributed by atoms with van der Waals surface area (Å²) in [4.78, 5) is 0. The normalized spacial score (nSPS) is 24.0. The number of aliphatic hydroxyl groups excluding tert-OH is 1. The smallest absolute Gasteiger partial charge is 0.191 e. The van der Waals surface area contributed by atoms with Gasteiger partial charge < -0.3 is 19.0 Å². The molecule has 1 aliphatic rings. The summed E-state index contributed by atoms with van der Waals surface area (Å²) in [6, 6.07) is 10.0. The number of benzene rings is 1. The molecule has 0 aliphatic carbocycles. The molecule has 0 radical (unpaired) electrons. The molecule has 1 aromatic carbocycles. The SMILES string of the molecule is CC(C)(C)[Si](C)(C)OCCC[C@H]1O[C@H](OCc2ccccc2)C=C[C@@H]1O. The summed E-state index contributed by atoms with van der Waals surface area (Å²) in [5.41, 5.74) is 1.11. The average molecular weight is 379 g/mol. The van der Waals surface area contributed by atoms with Crippen LogP contribution in [0.25, 0.3) is 0 Å². The van der Waals surface area contributed by atoms with Gasteiger partial charge in [0.2, 0.25) is 0 Å². The first-order chi connectivity index (χ1) is 12.2. The van der Waals surface area contributed by atoms with Crippen LogP contribution in [0.15, 0.2) is 42.5 Å². The summed E-state index contributed by atoms with van der Waals surface area (Å²) < 4.78 is 17.9. The largest absolute Gasteiger partial charge is 0.417 e. The average Bonchev–Trinajstić information content (AvgIpc) is 2.59. The van der Waals surface area contributed by atoms with E-state index in [0.717, 1.165) is 18.4 Å². The zero-order chi connectivity index (χ0) is 19.2. The van der Waals surface area contributed by atoms with Crippen molar-refractivity contribution in [3.8, 4) is 0 Å². The molecule has 26 heavy (non-hydrogen) atoms. The Kier molecular flexibility index (Phi) is 7.61. The van der Waals surface area contributed by atoms with Gasteiger partial charge in [0.05, 0.1) is 18.8 Å². The van der Waals surface area contributed by atoms with Crippen LogP contribution in [0.1, 0.15) is 39.2 Å². The van der Waals surface area contributed by atoms with Gasteiger partial charge in [-0.05, 0) is 42.6 Å². The van der Waals surface area contributed by atoms with E-state index in [1.54, 1.807) is 12.2 Å². The minimum absolute atomic E-state index is 0.215. The van der Waals surface area contributed by atoms with Crippen LogP contribution in [0.2, 0.25) is 18.1 Å².